The fourth-order valence-electron chi connectivity index (χ4n) is 1.60. The molecule has 3 N–H and O–H groups in total. The second-order valence-corrected chi connectivity index (χ2v) is 6.74. The number of hydrogen-bond acceptors (Lipinski definition) is 6. The number of ether oxygens (including phenoxy) is 2. The van der Waals surface area contributed by atoms with E-state index in [9.17, 15) is 18.0 Å². The summed E-state index contributed by atoms with van der Waals surface area (Å²) in [6.07, 6.45) is 0. The van der Waals surface area contributed by atoms with E-state index in [1.165, 1.54) is 19.2 Å². The highest BCUT2D eigenvalue weighted by Crippen LogP contribution is 2.22. The number of benzene rings is 1. The molecule has 0 aliphatic rings. The number of nitrogens with two attached hydrogens (primary N) is 1. The number of amides is 1. The number of rotatable bonds is 7. The Bertz CT molecular complexity index is 685. The molecule has 1 aromatic rings. The van der Waals surface area contributed by atoms with Gasteiger partial charge >= 0.3 is 5.97 Å². The Kier molecular flexibility index (Phi) is 6.52. The zero-order valence-corrected chi connectivity index (χ0v) is 14.0. The number of nitrogens with one attached hydrogen (secondary N) is 1. The van der Waals surface area contributed by atoms with Gasteiger partial charge in [-0.3, -0.25) is 4.79 Å². The van der Waals surface area contributed by atoms with Gasteiger partial charge in [0.2, 0.25) is 10.0 Å². The Morgan fingerprint density at radius 1 is 1.30 bits per heavy atom. The molecule has 0 atom stereocenters. The first-order valence-electron chi connectivity index (χ1n) is 6.79. The van der Waals surface area contributed by atoms with E-state index in [-0.39, 0.29) is 22.1 Å². The van der Waals surface area contributed by atoms with Gasteiger partial charge in [0.25, 0.3) is 5.91 Å². The average molecular weight is 344 g/mol. The van der Waals surface area contributed by atoms with E-state index in [0.717, 1.165) is 6.07 Å². The number of primary sulfonamides is 1. The number of hydrogen-bond donors (Lipinski definition) is 2. The molecule has 1 aromatic carbocycles. The summed E-state index contributed by atoms with van der Waals surface area (Å²) >= 11 is 0. The Balaban J connectivity index is 2.84. The molecule has 0 saturated carbocycles. The minimum atomic E-state index is -3.98. The van der Waals surface area contributed by atoms with E-state index in [0.29, 0.717) is 6.54 Å². The summed E-state index contributed by atoms with van der Waals surface area (Å²) in [5.41, 5.74) is -0.129. The van der Waals surface area contributed by atoms with Crippen LogP contribution in [-0.4, -0.2) is 40.6 Å². The highest BCUT2D eigenvalue weighted by molar-refractivity contribution is 7.89. The minimum Gasteiger partial charge on any atom is -0.496 e. The van der Waals surface area contributed by atoms with Gasteiger partial charge < -0.3 is 14.8 Å². The summed E-state index contributed by atoms with van der Waals surface area (Å²) in [5.74, 6) is -0.952. The molecule has 0 aliphatic carbocycles. The second kappa shape index (κ2) is 7.93. The van der Waals surface area contributed by atoms with Gasteiger partial charge in [-0.2, -0.15) is 0 Å². The average Bonchev–Trinajstić information content (AvgIpc) is 2.48. The van der Waals surface area contributed by atoms with Gasteiger partial charge in [-0.1, -0.05) is 13.8 Å². The van der Waals surface area contributed by atoms with E-state index >= 15 is 0 Å². The van der Waals surface area contributed by atoms with E-state index in [2.05, 4.69) is 5.32 Å². The summed E-state index contributed by atoms with van der Waals surface area (Å²) in [6, 6.07) is 3.54. The molecule has 1 rings (SSSR count). The molecular formula is C14H20N2O6S. The van der Waals surface area contributed by atoms with Crippen molar-refractivity contribution >= 4 is 21.9 Å². The van der Waals surface area contributed by atoms with Gasteiger partial charge in [-0.25, -0.2) is 18.4 Å². The van der Waals surface area contributed by atoms with Crippen molar-refractivity contribution in [3.8, 4) is 5.75 Å². The van der Waals surface area contributed by atoms with Crippen molar-refractivity contribution in [2.24, 2.45) is 11.1 Å². The summed E-state index contributed by atoms with van der Waals surface area (Å²) in [7, 11) is -2.66. The summed E-state index contributed by atoms with van der Waals surface area (Å²) in [4.78, 5) is 23.3. The number of methoxy groups -OCH3 is 1. The van der Waals surface area contributed by atoms with Crippen LogP contribution in [0.2, 0.25) is 0 Å². The number of esters is 1. The molecule has 128 valence electrons. The topological polar surface area (TPSA) is 125 Å². The number of carbonyl (C=O) groups excluding carboxylic acids is 2. The molecule has 0 bridgehead atoms. The molecule has 0 unspecified atom stereocenters. The van der Waals surface area contributed by atoms with Crippen molar-refractivity contribution in [2.45, 2.75) is 18.7 Å². The van der Waals surface area contributed by atoms with Gasteiger partial charge in [0.1, 0.15) is 11.3 Å². The van der Waals surface area contributed by atoms with Gasteiger partial charge in [0.05, 0.1) is 12.0 Å². The largest absolute Gasteiger partial charge is 0.496 e. The monoisotopic (exact) mass is 344 g/mol. The molecule has 0 fully saturated rings. The Labute approximate surface area is 135 Å². The second-order valence-electron chi connectivity index (χ2n) is 5.18. The maximum absolute atomic E-state index is 12.0. The standard InChI is InChI=1S/C14H20N2O6S/c1-9(2)7-16-13(17)8-22-14(18)11-6-10(23(15,19)20)4-5-12(11)21-3/h4-6,9H,7-8H2,1-3H3,(H,16,17)(H2,15,19,20). The molecule has 23 heavy (non-hydrogen) atoms. The van der Waals surface area contributed by atoms with Crippen LogP contribution >= 0.6 is 0 Å². The molecule has 0 heterocycles. The molecular weight excluding hydrogens is 324 g/mol. The third-order valence-corrected chi connectivity index (χ3v) is 3.67. The molecule has 8 nitrogen and oxygen atoms in total. The van der Waals surface area contributed by atoms with Crippen LogP contribution in [0.25, 0.3) is 0 Å². The van der Waals surface area contributed by atoms with Crippen molar-refractivity contribution < 1.29 is 27.5 Å². The zero-order valence-electron chi connectivity index (χ0n) is 13.2. The van der Waals surface area contributed by atoms with Crippen LogP contribution in [0, 0.1) is 5.92 Å². The van der Waals surface area contributed by atoms with Crippen LogP contribution in [0.1, 0.15) is 24.2 Å². The molecule has 0 radical (unpaired) electrons. The molecule has 0 aromatic heterocycles. The Morgan fingerprint density at radius 2 is 1.96 bits per heavy atom. The van der Waals surface area contributed by atoms with Gasteiger partial charge in [0, 0.05) is 6.54 Å². The number of sulfonamides is 1. The first kappa shape index (κ1) is 18.9. The molecule has 0 spiro atoms. The number of carbonyl (C=O) groups is 2. The fraction of sp³-hybridized carbons (Fsp3) is 0.429. The SMILES string of the molecule is COc1ccc(S(N)(=O)=O)cc1C(=O)OCC(=O)NCC(C)C. The van der Waals surface area contributed by atoms with E-state index in [4.69, 9.17) is 14.6 Å². The lowest BCUT2D eigenvalue weighted by molar-refractivity contribution is -0.124. The van der Waals surface area contributed by atoms with Crippen LogP contribution in [0.3, 0.4) is 0 Å². The summed E-state index contributed by atoms with van der Waals surface area (Å²) < 4.78 is 32.5. The summed E-state index contributed by atoms with van der Waals surface area (Å²) in [6.45, 7) is 3.83. The fourth-order valence-corrected chi connectivity index (χ4v) is 2.14. The maximum atomic E-state index is 12.0. The van der Waals surface area contributed by atoms with Crippen LogP contribution in [0.4, 0.5) is 0 Å². The molecule has 1 amide bonds. The quantitative estimate of drug-likeness (QED) is 0.684. The van der Waals surface area contributed by atoms with Crippen molar-refractivity contribution in [1.29, 1.82) is 0 Å². The lowest BCUT2D eigenvalue weighted by atomic mass is 10.2. The first-order valence-corrected chi connectivity index (χ1v) is 8.34. The van der Waals surface area contributed by atoms with Crippen molar-refractivity contribution in [1.82, 2.24) is 5.32 Å². The third kappa shape index (κ3) is 5.87. The predicted molar refractivity (Wildman–Crippen MR) is 82.5 cm³/mol. The van der Waals surface area contributed by atoms with Crippen molar-refractivity contribution in [2.75, 3.05) is 20.3 Å². The van der Waals surface area contributed by atoms with Gasteiger partial charge in [-0.05, 0) is 24.1 Å². The molecule has 0 aliphatic heterocycles. The Morgan fingerprint density at radius 3 is 2.48 bits per heavy atom. The lowest BCUT2D eigenvalue weighted by Gasteiger charge is -2.11. The van der Waals surface area contributed by atoms with Crippen molar-refractivity contribution in [3.63, 3.8) is 0 Å². The lowest BCUT2D eigenvalue weighted by Crippen LogP contribution is -2.31. The van der Waals surface area contributed by atoms with Crippen molar-refractivity contribution in [3.05, 3.63) is 23.8 Å². The minimum absolute atomic E-state index is 0.116. The predicted octanol–water partition coefficient (Wildman–Crippen LogP) is 0.272. The van der Waals surface area contributed by atoms with E-state index < -0.39 is 28.5 Å². The van der Waals surface area contributed by atoms with Gasteiger partial charge in [-0.15, -0.1) is 0 Å². The Hall–Kier alpha value is -2.13. The smallest absolute Gasteiger partial charge is 0.342 e. The maximum Gasteiger partial charge on any atom is 0.342 e. The zero-order chi connectivity index (χ0) is 17.6. The first-order chi connectivity index (χ1) is 10.6. The molecule has 0 saturated heterocycles. The summed E-state index contributed by atoms with van der Waals surface area (Å²) in [5, 5.41) is 7.61. The van der Waals surface area contributed by atoms with E-state index in [1.54, 1.807) is 0 Å². The third-order valence-electron chi connectivity index (χ3n) is 2.76. The van der Waals surface area contributed by atoms with Gasteiger partial charge in [0.15, 0.2) is 6.61 Å². The molecule has 9 heteroatoms. The van der Waals surface area contributed by atoms with Crippen LogP contribution in [-0.2, 0) is 19.6 Å². The van der Waals surface area contributed by atoms with E-state index in [1.807, 2.05) is 13.8 Å². The van der Waals surface area contributed by atoms with Crippen LogP contribution in [0.5, 0.6) is 5.75 Å². The normalized spacial score (nSPS) is 11.2. The highest BCUT2D eigenvalue weighted by atomic mass is 32.2. The van der Waals surface area contributed by atoms with Crippen LogP contribution in [0.15, 0.2) is 23.1 Å². The van der Waals surface area contributed by atoms with Crippen LogP contribution < -0.4 is 15.2 Å². The highest BCUT2D eigenvalue weighted by Gasteiger charge is 2.19.